The van der Waals surface area contributed by atoms with Crippen LogP contribution in [0.15, 0.2) is 30.6 Å². The number of ether oxygens (including phenoxy) is 2. The third-order valence-corrected chi connectivity index (χ3v) is 8.60. The molecule has 1 saturated carbocycles. The largest absolute Gasteiger partial charge is 0.444 e. The quantitative estimate of drug-likeness (QED) is 0.462. The maximum Gasteiger partial charge on any atom is 0.410 e. The van der Waals surface area contributed by atoms with Crippen molar-refractivity contribution < 1.29 is 32.6 Å². The Morgan fingerprint density at radius 3 is 2.36 bits per heavy atom. The van der Waals surface area contributed by atoms with Crippen molar-refractivity contribution in [3.05, 3.63) is 53.4 Å². The molecule has 5 rings (SSSR count). The number of carbonyl (C=O) groups excluding carboxylic acids is 3. The van der Waals surface area contributed by atoms with Crippen LogP contribution in [-0.4, -0.2) is 93.9 Å². The van der Waals surface area contributed by atoms with Gasteiger partial charge in [0.25, 0.3) is 5.91 Å². The monoisotopic (exact) mass is 628 g/mol. The van der Waals surface area contributed by atoms with E-state index in [2.05, 4.69) is 15.3 Å². The van der Waals surface area contributed by atoms with Crippen molar-refractivity contribution in [2.45, 2.75) is 89.5 Å². The maximum atomic E-state index is 14.8. The van der Waals surface area contributed by atoms with Gasteiger partial charge in [0.15, 0.2) is 0 Å². The number of likely N-dealkylation sites (tertiary alicyclic amines) is 1. The fourth-order valence-corrected chi connectivity index (χ4v) is 5.93. The Morgan fingerprint density at radius 1 is 1.09 bits per heavy atom. The molecule has 1 aromatic carbocycles. The van der Waals surface area contributed by atoms with Crippen LogP contribution in [-0.2, 0) is 9.47 Å². The first-order valence-corrected chi connectivity index (χ1v) is 15.6. The highest BCUT2D eigenvalue weighted by Crippen LogP contribution is 2.39. The molecule has 0 spiro atoms. The number of nitrogens with one attached hydrogen (secondary N) is 1. The normalized spacial score (nSPS) is 21.3. The van der Waals surface area contributed by atoms with Crippen LogP contribution < -0.4 is 10.2 Å². The van der Waals surface area contributed by atoms with E-state index in [1.54, 1.807) is 35.5 Å². The molecule has 1 N–H and O–H groups in total. The standard InChI is InChI=1S/C32H42F2N6O5/c1-6-40(22-9-13-38(14-10-22)30(43)45-32(5)11-12-32)27(41)20-16-35-28(36-17-20)39-18-24(23-15-21(33)7-8-25(23)34)26(19-39)37-29(42)44-31(2,3)4/h7-8,15-17,22,24,26H,6,9-14,18-19H2,1-5H3,(H,37,42)/t24-,26+/m1/s1. The zero-order valence-electron chi connectivity index (χ0n) is 26.5. The highest BCUT2D eigenvalue weighted by Gasteiger charge is 2.43. The summed E-state index contributed by atoms with van der Waals surface area (Å²) in [5.41, 5.74) is -0.617. The summed E-state index contributed by atoms with van der Waals surface area (Å²) in [6.45, 7) is 11.0. The zero-order valence-corrected chi connectivity index (χ0v) is 26.5. The van der Waals surface area contributed by atoms with Gasteiger partial charge in [-0.2, -0.15) is 0 Å². The summed E-state index contributed by atoms with van der Waals surface area (Å²) in [4.78, 5) is 52.8. The Labute approximate surface area is 262 Å². The Morgan fingerprint density at radius 2 is 1.76 bits per heavy atom. The van der Waals surface area contributed by atoms with Crippen LogP contribution in [0.4, 0.5) is 24.3 Å². The summed E-state index contributed by atoms with van der Waals surface area (Å²) in [5, 5.41) is 2.80. The predicted molar refractivity (Wildman–Crippen MR) is 162 cm³/mol. The number of aromatic nitrogens is 2. The van der Waals surface area contributed by atoms with Gasteiger partial charge in [-0.3, -0.25) is 4.79 Å². The third-order valence-electron chi connectivity index (χ3n) is 8.60. The van der Waals surface area contributed by atoms with E-state index < -0.39 is 35.3 Å². The van der Waals surface area contributed by atoms with Crippen molar-refractivity contribution >= 4 is 24.0 Å². The van der Waals surface area contributed by atoms with Crippen molar-refractivity contribution in [3.63, 3.8) is 0 Å². The minimum atomic E-state index is -0.739. The van der Waals surface area contributed by atoms with Crippen LogP contribution in [0.25, 0.3) is 0 Å². The van der Waals surface area contributed by atoms with E-state index >= 15 is 0 Å². The molecule has 2 aliphatic heterocycles. The van der Waals surface area contributed by atoms with Crippen LogP contribution in [0.1, 0.15) is 82.1 Å². The van der Waals surface area contributed by atoms with E-state index in [0.29, 0.717) is 44.0 Å². The minimum Gasteiger partial charge on any atom is -0.444 e. The number of rotatable bonds is 7. The summed E-state index contributed by atoms with van der Waals surface area (Å²) < 4.78 is 40.0. The molecule has 2 atom stereocenters. The molecule has 3 aliphatic rings. The van der Waals surface area contributed by atoms with Crippen LogP contribution in [0, 0.1) is 11.6 Å². The third kappa shape index (κ3) is 7.80. The number of benzene rings is 1. The fraction of sp³-hybridized carbons (Fsp3) is 0.594. The van der Waals surface area contributed by atoms with E-state index in [0.717, 1.165) is 31.0 Å². The molecule has 0 radical (unpaired) electrons. The lowest BCUT2D eigenvalue weighted by atomic mass is 9.94. The van der Waals surface area contributed by atoms with Gasteiger partial charge in [-0.1, -0.05) is 0 Å². The SMILES string of the molecule is CCN(C(=O)c1cnc(N2C[C@H](NC(=O)OC(C)(C)C)[C@@H](c3cc(F)ccc3F)C2)nc1)C1CCN(C(=O)OC2(C)CC2)CC1. The summed E-state index contributed by atoms with van der Waals surface area (Å²) in [7, 11) is 0. The van der Waals surface area contributed by atoms with Gasteiger partial charge in [-0.05, 0) is 84.1 Å². The predicted octanol–water partition coefficient (Wildman–Crippen LogP) is 4.87. The second-order valence-corrected chi connectivity index (χ2v) is 13.3. The number of anilines is 1. The lowest BCUT2D eigenvalue weighted by Gasteiger charge is -2.38. The van der Waals surface area contributed by atoms with E-state index in [-0.39, 0.29) is 42.3 Å². The topological polar surface area (TPSA) is 117 Å². The molecule has 45 heavy (non-hydrogen) atoms. The number of halogens is 2. The Balaban J connectivity index is 1.25. The molecular formula is C32H42F2N6O5. The Bertz CT molecular complexity index is 1410. The van der Waals surface area contributed by atoms with E-state index in [4.69, 9.17) is 9.47 Å². The van der Waals surface area contributed by atoms with Crippen molar-refractivity contribution in [1.29, 1.82) is 0 Å². The highest BCUT2D eigenvalue weighted by molar-refractivity contribution is 5.94. The highest BCUT2D eigenvalue weighted by atomic mass is 19.1. The van der Waals surface area contributed by atoms with E-state index in [9.17, 15) is 23.2 Å². The number of carbonyl (C=O) groups is 3. The van der Waals surface area contributed by atoms with Crippen LogP contribution in [0.3, 0.4) is 0 Å². The number of hydrogen-bond acceptors (Lipinski definition) is 8. The molecule has 1 aromatic heterocycles. The molecule has 3 amide bonds. The van der Waals surface area contributed by atoms with E-state index in [1.165, 1.54) is 12.4 Å². The van der Waals surface area contributed by atoms with Crippen molar-refractivity contribution in [2.24, 2.45) is 0 Å². The van der Waals surface area contributed by atoms with Gasteiger partial charge in [0.05, 0.1) is 11.6 Å². The Hall–Kier alpha value is -4.03. The van der Waals surface area contributed by atoms with Crippen molar-refractivity contribution in [3.8, 4) is 0 Å². The molecular weight excluding hydrogens is 586 g/mol. The number of piperidine rings is 1. The number of amides is 3. The molecule has 3 fully saturated rings. The van der Waals surface area contributed by atoms with Crippen LogP contribution in [0.5, 0.6) is 0 Å². The molecule has 0 bridgehead atoms. The van der Waals surface area contributed by atoms with Gasteiger partial charge in [-0.25, -0.2) is 28.3 Å². The number of nitrogens with zero attached hydrogens (tertiary/aromatic N) is 5. The maximum absolute atomic E-state index is 14.8. The van der Waals surface area contributed by atoms with Gasteiger partial charge in [0, 0.05) is 57.1 Å². The number of hydrogen-bond donors (Lipinski definition) is 1. The van der Waals surface area contributed by atoms with Crippen LogP contribution >= 0.6 is 0 Å². The van der Waals surface area contributed by atoms with Gasteiger partial charge < -0.3 is 29.5 Å². The first kappa shape index (κ1) is 32.4. The zero-order chi connectivity index (χ0) is 32.5. The molecule has 244 valence electrons. The van der Waals surface area contributed by atoms with Gasteiger partial charge in [0.1, 0.15) is 22.8 Å². The number of alkyl carbamates (subject to hydrolysis) is 1. The average molecular weight is 629 g/mol. The minimum absolute atomic E-state index is 0.0390. The second kappa shape index (κ2) is 12.8. The van der Waals surface area contributed by atoms with Gasteiger partial charge in [0.2, 0.25) is 5.95 Å². The molecule has 2 aromatic rings. The molecule has 3 heterocycles. The second-order valence-electron chi connectivity index (χ2n) is 13.3. The summed E-state index contributed by atoms with van der Waals surface area (Å²) in [6, 6.07) is 2.59. The first-order valence-electron chi connectivity index (χ1n) is 15.6. The smallest absolute Gasteiger partial charge is 0.410 e. The lowest BCUT2D eigenvalue weighted by molar-refractivity contribution is 0.0389. The molecule has 2 saturated heterocycles. The molecule has 13 heteroatoms. The van der Waals surface area contributed by atoms with E-state index in [1.807, 2.05) is 13.8 Å². The molecule has 11 nitrogen and oxygen atoms in total. The van der Waals surface area contributed by atoms with Crippen molar-refractivity contribution in [2.75, 3.05) is 37.6 Å². The Kier molecular flexibility index (Phi) is 9.18. The molecule has 0 unspecified atom stereocenters. The van der Waals surface area contributed by atoms with Crippen molar-refractivity contribution in [1.82, 2.24) is 25.1 Å². The summed E-state index contributed by atoms with van der Waals surface area (Å²) >= 11 is 0. The molecule has 1 aliphatic carbocycles. The van der Waals surface area contributed by atoms with Gasteiger partial charge in [-0.15, -0.1) is 0 Å². The van der Waals surface area contributed by atoms with Gasteiger partial charge >= 0.3 is 12.2 Å². The average Bonchev–Trinajstić information content (AvgIpc) is 3.57. The first-order chi connectivity index (χ1) is 21.2. The fourth-order valence-electron chi connectivity index (χ4n) is 5.93. The lowest BCUT2D eigenvalue weighted by Crippen LogP contribution is -2.49. The summed E-state index contributed by atoms with van der Waals surface area (Å²) in [6.07, 6.45) is 5.02. The summed E-state index contributed by atoms with van der Waals surface area (Å²) in [5.74, 6) is -1.69. The van der Waals surface area contributed by atoms with Crippen LogP contribution in [0.2, 0.25) is 0 Å².